The van der Waals surface area contributed by atoms with E-state index in [2.05, 4.69) is 44.2 Å². The maximum absolute atomic E-state index is 12.8. The minimum absolute atomic E-state index is 0.319. The van der Waals surface area contributed by atoms with Crippen molar-refractivity contribution in [3.8, 4) is 5.75 Å². The number of aryl methyl sites for hydroxylation is 2. The number of hydrogen-bond donors (Lipinski definition) is 0. The van der Waals surface area contributed by atoms with Crippen LogP contribution in [0, 0.1) is 0 Å². The van der Waals surface area contributed by atoms with Gasteiger partial charge in [0.2, 0.25) is 5.60 Å². The molecule has 3 nitrogen and oxygen atoms in total. The molecule has 0 saturated heterocycles. The van der Waals surface area contributed by atoms with Crippen molar-refractivity contribution in [3.05, 3.63) is 64.7 Å². The van der Waals surface area contributed by atoms with Gasteiger partial charge in [-0.1, -0.05) is 44.2 Å². The number of carbonyl (C=O) groups is 1. The molecule has 0 radical (unpaired) electrons. The third-order valence-corrected chi connectivity index (χ3v) is 5.55. The van der Waals surface area contributed by atoms with Gasteiger partial charge in [0.1, 0.15) is 5.75 Å². The fourth-order valence-electron chi connectivity index (χ4n) is 3.90. The molecule has 0 N–H and O–H groups in total. The van der Waals surface area contributed by atoms with Gasteiger partial charge >= 0.3 is 5.97 Å². The molecule has 0 heterocycles. The molecule has 28 heavy (non-hydrogen) atoms. The van der Waals surface area contributed by atoms with E-state index in [1.54, 1.807) is 0 Å². The van der Waals surface area contributed by atoms with Crippen LogP contribution in [0.15, 0.2) is 42.5 Å². The molecule has 1 unspecified atom stereocenters. The molecule has 0 amide bonds. The van der Waals surface area contributed by atoms with E-state index in [4.69, 9.17) is 9.47 Å². The second-order valence-corrected chi connectivity index (χ2v) is 8.26. The summed E-state index contributed by atoms with van der Waals surface area (Å²) in [5.74, 6) is 0.833. The number of benzene rings is 2. The SMILES string of the molecule is CCOC(=O)C(C)(Cc1ccc2c(c1)CCCC2)Oc1ccc(C(C)C)cc1. The van der Waals surface area contributed by atoms with Gasteiger partial charge in [-0.15, -0.1) is 0 Å². The van der Waals surface area contributed by atoms with Gasteiger partial charge in [0.15, 0.2) is 0 Å². The molecule has 2 aromatic carbocycles. The van der Waals surface area contributed by atoms with Crippen LogP contribution in [0.4, 0.5) is 0 Å². The predicted octanol–water partition coefficient (Wildman–Crippen LogP) is 5.63. The lowest BCUT2D eigenvalue weighted by atomic mass is 9.87. The van der Waals surface area contributed by atoms with Crippen LogP contribution in [0.1, 0.15) is 68.7 Å². The van der Waals surface area contributed by atoms with E-state index in [1.807, 2.05) is 26.0 Å². The zero-order chi connectivity index (χ0) is 20.1. The maximum Gasteiger partial charge on any atom is 0.350 e. The van der Waals surface area contributed by atoms with Crippen molar-refractivity contribution >= 4 is 5.97 Å². The molecule has 0 aliphatic heterocycles. The van der Waals surface area contributed by atoms with Crippen molar-refractivity contribution in [2.24, 2.45) is 0 Å². The Bertz CT molecular complexity index is 807. The van der Waals surface area contributed by atoms with Gasteiger partial charge < -0.3 is 9.47 Å². The Hall–Kier alpha value is -2.29. The van der Waals surface area contributed by atoms with Crippen molar-refractivity contribution < 1.29 is 14.3 Å². The molecule has 0 fully saturated rings. The van der Waals surface area contributed by atoms with Crippen LogP contribution >= 0.6 is 0 Å². The summed E-state index contributed by atoms with van der Waals surface area (Å²) >= 11 is 0. The first-order chi connectivity index (χ1) is 13.4. The van der Waals surface area contributed by atoms with Gasteiger partial charge in [-0.05, 0) is 79.8 Å². The zero-order valence-electron chi connectivity index (χ0n) is 17.6. The average molecular weight is 381 g/mol. The Balaban J connectivity index is 1.84. The first-order valence-corrected chi connectivity index (χ1v) is 10.5. The van der Waals surface area contributed by atoms with Crippen LogP contribution in [0.25, 0.3) is 0 Å². The van der Waals surface area contributed by atoms with Crippen molar-refractivity contribution in [1.29, 1.82) is 0 Å². The third kappa shape index (κ3) is 4.76. The fraction of sp³-hybridized carbons (Fsp3) is 0.480. The van der Waals surface area contributed by atoms with Crippen molar-refractivity contribution in [3.63, 3.8) is 0 Å². The summed E-state index contributed by atoms with van der Waals surface area (Å²) in [5.41, 5.74) is 4.17. The van der Waals surface area contributed by atoms with Gasteiger partial charge in [-0.25, -0.2) is 4.79 Å². The molecule has 1 atom stereocenters. The Morgan fingerprint density at radius 3 is 2.36 bits per heavy atom. The highest BCUT2D eigenvalue weighted by Gasteiger charge is 2.38. The molecule has 2 aromatic rings. The maximum atomic E-state index is 12.8. The van der Waals surface area contributed by atoms with Gasteiger partial charge in [0, 0.05) is 6.42 Å². The second kappa shape index (κ2) is 8.81. The van der Waals surface area contributed by atoms with E-state index < -0.39 is 5.60 Å². The third-order valence-electron chi connectivity index (χ3n) is 5.55. The molecular weight excluding hydrogens is 348 g/mol. The van der Waals surface area contributed by atoms with Crippen LogP contribution in [0.5, 0.6) is 5.75 Å². The molecule has 0 aromatic heterocycles. The van der Waals surface area contributed by atoms with Crippen LogP contribution in [0.2, 0.25) is 0 Å². The molecule has 3 rings (SSSR count). The number of carbonyl (C=O) groups excluding carboxylic acids is 1. The molecule has 0 bridgehead atoms. The van der Waals surface area contributed by atoms with E-state index in [9.17, 15) is 4.79 Å². The summed E-state index contributed by atoms with van der Waals surface area (Å²) in [4.78, 5) is 12.8. The monoisotopic (exact) mass is 380 g/mol. The lowest BCUT2D eigenvalue weighted by Crippen LogP contribution is -2.45. The van der Waals surface area contributed by atoms with E-state index in [0.717, 1.165) is 18.4 Å². The van der Waals surface area contributed by atoms with Gasteiger partial charge in [0.05, 0.1) is 6.61 Å². The molecule has 3 heteroatoms. The Labute approximate surface area is 169 Å². The first kappa shape index (κ1) is 20.4. The van der Waals surface area contributed by atoms with Crippen molar-refractivity contribution in [2.45, 2.75) is 71.3 Å². The molecule has 0 spiro atoms. The largest absolute Gasteiger partial charge is 0.476 e. The first-order valence-electron chi connectivity index (χ1n) is 10.5. The summed E-state index contributed by atoms with van der Waals surface area (Å²) in [7, 11) is 0. The number of esters is 1. The van der Waals surface area contributed by atoms with E-state index in [0.29, 0.717) is 24.7 Å². The highest BCUT2D eigenvalue weighted by molar-refractivity contribution is 5.80. The topological polar surface area (TPSA) is 35.5 Å². The lowest BCUT2D eigenvalue weighted by molar-refractivity contribution is -0.160. The zero-order valence-corrected chi connectivity index (χ0v) is 17.6. The standard InChI is InChI=1S/C25H32O3/c1-5-27-24(26)25(4,28-23-14-12-20(13-15-23)18(2)3)17-19-10-11-21-8-6-7-9-22(21)16-19/h10-16,18H,5-9,17H2,1-4H3. The molecular formula is C25H32O3. The smallest absolute Gasteiger partial charge is 0.350 e. The Morgan fingerprint density at radius 2 is 1.71 bits per heavy atom. The molecule has 150 valence electrons. The van der Waals surface area contributed by atoms with Gasteiger partial charge in [-0.2, -0.15) is 0 Å². The highest BCUT2D eigenvalue weighted by Crippen LogP contribution is 2.28. The van der Waals surface area contributed by atoms with E-state index >= 15 is 0 Å². The van der Waals surface area contributed by atoms with Crippen LogP contribution < -0.4 is 4.74 Å². The van der Waals surface area contributed by atoms with Gasteiger partial charge in [-0.3, -0.25) is 0 Å². The Morgan fingerprint density at radius 1 is 1.04 bits per heavy atom. The quantitative estimate of drug-likeness (QED) is 0.584. The van der Waals surface area contributed by atoms with Crippen LogP contribution in [-0.2, 0) is 28.8 Å². The average Bonchev–Trinajstić information content (AvgIpc) is 2.68. The normalized spacial score (nSPS) is 15.6. The van der Waals surface area contributed by atoms with E-state index in [-0.39, 0.29) is 5.97 Å². The second-order valence-electron chi connectivity index (χ2n) is 8.26. The highest BCUT2D eigenvalue weighted by atomic mass is 16.6. The fourth-order valence-corrected chi connectivity index (χ4v) is 3.90. The van der Waals surface area contributed by atoms with Crippen LogP contribution in [0.3, 0.4) is 0 Å². The molecule has 1 aliphatic carbocycles. The number of rotatable bonds is 7. The van der Waals surface area contributed by atoms with Gasteiger partial charge in [0.25, 0.3) is 0 Å². The minimum Gasteiger partial charge on any atom is -0.476 e. The number of fused-ring (bicyclic) bond motifs is 1. The van der Waals surface area contributed by atoms with Crippen LogP contribution in [-0.4, -0.2) is 18.2 Å². The summed E-state index contributed by atoms with van der Waals surface area (Å²) in [6.45, 7) is 8.33. The number of hydrogen-bond acceptors (Lipinski definition) is 3. The number of ether oxygens (including phenoxy) is 2. The van der Waals surface area contributed by atoms with Crippen molar-refractivity contribution in [2.75, 3.05) is 6.61 Å². The summed E-state index contributed by atoms with van der Waals surface area (Å²) in [6.07, 6.45) is 5.28. The van der Waals surface area contributed by atoms with E-state index in [1.165, 1.54) is 29.5 Å². The van der Waals surface area contributed by atoms with Crippen molar-refractivity contribution in [1.82, 2.24) is 0 Å². The summed E-state index contributed by atoms with van der Waals surface area (Å²) in [5, 5.41) is 0. The summed E-state index contributed by atoms with van der Waals surface area (Å²) < 4.78 is 11.6. The Kier molecular flexibility index (Phi) is 6.43. The predicted molar refractivity (Wildman–Crippen MR) is 113 cm³/mol. The summed E-state index contributed by atoms with van der Waals surface area (Å²) in [6, 6.07) is 14.6. The molecule has 0 saturated carbocycles. The molecule has 1 aliphatic rings. The minimum atomic E-state index is -1.06. The lowest BCUT2D eigenvalue weighted by Gasteiger charge is -2.29.